The maximum Gasteiger partial charge on any atom is 0.303 e. The lowest BCUT2D eigenvalue weighted by Crippen LogP contribution is -1.96. The molecule has 0 fully saturated rings. The van der Waals surface area contributed by atoms with E-state index in [0.29, 0.717) is 6.42 Å². The Labute approximate surface area is 84.6 Å². The number of aryl methyl sites for hydroxylation is 2. The molecule has 0 saturated carbocycles. The van der Waals surface area contributed by atoms with Gasteiger partial charge in [0, 0.05) is 6.42 Å². The van der Waals surface area contributed by atoms with Crippen molar-refractivity contribution < 1.29 is 9.90 Å². The molecule has 0 atom stereocenters. The lowest BCUT2D eigenvalue weighted by molar-refractivity contribution is -0.137. The Hall–Kier alpha value is -1.31. The molecule has 0 spiro atoms. The van der Waals surface area contributed by atoms with Crippen molar-refractivity contribution >= 4 is 5.97 Å². The molecule has 75 valence electrons. The smallest absolute Gasteiger partial charge is 0.303 e. The first-order valence-electron chi connectivity index (χ1n) is 4.93. The van der Waals surface area contributed by atoms with Crippen molar-refractivity contribution in [2.75, 3.05) is 0 Å². The standard InChI is InChI=1S/C12H15O2/c1-2-10-5-3-6-11(9-10)7-4-8-12(13)14/h3,6,9H,2,4,7-8H2,1H3,(H,13,14). The molecule has 0 amide bonds. The van der Waals surface area contributed by atoms with E-state index in [1.165, 1.54) is 11.1 Å². The van der Waals surface area contributed by atoms with Crippen LogP contribution in [0.25, 0.3) is 0 Å². The summed E-state index contributed by atoms with van der Waals surface area (Å²) >= 11 is 0. The van der Waals surface area contributed by atoms with E-state index in [-0.39, 0.29) is 6.42 Å². The highest BCUT2D eigenvalue weighted by molar-refractivity contribution is 5.66. The van der Waals surface area contributed by atoms with Gasteiger partial charge in [-0.3, -0.25) is 4.79 Å². The van der Waals surface area contributed by atoms with Gasteiger partial charge in [-0.25, -0.2) is 0 Å². The van der Waals surface area contributed by atoms with Crippen LogP contribution < -0.4 is 0 Å². The van der Waals surface area contributed by atoms with E-state index in [1.54, 1.807) is 0 Å². The molecule has 0 saturated heterocycles. The van der Waals surface area contributed by atoms with E-state index in [4.69, 9.17) is 5.11 Å². The molecule has 2 heteroatoms. The minimum atomic E-state index is -0.719. The van der Waals surface area contributed by atoms with Crippen molar-refractivity contribution in [3.05, 3.63) is 35.4 Å². The number of carboxylic acids is 1. The van der Waals surface area contributed by atoms with E-state index in [9.17, 15) is 4.79 Å². The molecule has 0 aliphatic carbocycles. The van der Waals surface area contributed by atoms with Crippen molar-refractivity contribution in [1.29, 1.82) is 0 Å². The van der Waals surface area contributed by atoms with Crippen molar-refractivity contribution in [1.82, 2.24) is 0 Å². The molecule has 0 unspecified atom stereocenters. The molecule has 0 aromatic heterocycles. The van der Waals surface area contributed by atoms with E-state index < -0.39 is 5.97 Å². The Bertz CT molecular complexity index is 305. The van der Waals surface area contributed by atoms with Crippen LogP contribution in [0.3, 0.4) is 0 Å². The van der Waals surface area contributed by atoms with Gasteiger partial charge < -0.3 is 5.11 Å². The van der Waals surface area contributed by atoms with E-state index >= 15 is 0 Å². The number of aliphatic carboxylic acids is 1. The Morgan fingerprint density at radius 3 is 3.00 bits per heavy atom. The van der Waals surface area contributed by atoms with Gasteiger partial charge in [-0.1, -0.05) is 25.1 Å². The summed E-state index contributed by atoms with van der Waals surface area (Å²) in [5.41, 5.74) is 2.40. The fraction of sp³-hybridized carbons (Fsp3) is 0.417. The van der Waals surface area contributed by atoms with Crippen molar-refractivity contribution in [2.45, 2.75) is 32.6 Å². The van der Waals surface area contributed by atoms with Gasteiger partial charge >= 0.3 is 5.97 Å². The second kappa shape index (κ2) is 5.43. The van der Waals surface area contributed by atoms with Crippen LogP contribution in [0, 0.1) is 6.07 Å². The molecule has 14 heavy (non-hydrogen) atoms. The largest absolute Gasteiger partial charge is 0.481 e. The average molecular weight is 191 g/mol. The van der Waals surface area contributed by atoms with Gasteiger partial charge in [0.2, 0.25) is 0 Å². The highest BCUT2D eigenvalue weighted by Gasteiger charge is 1.98. The SMILES string of the molecule is CCc1[c]ccc(CCCC(=O)O)c1. The first kappa shape index (κ1) is 10.8. The van der Waals surface area contributed by atoms with Crippen LogP contribution in [-0.2, 0) is 17.6 Å². The number of rotatable bonds is 5. The Balaban J connectivity index is 2.46. The normalized spacial score (nSPS) is 10.1. The van der Waals surface area contributed by atoms with Crippen LogP contribution in [-0.4, -0.2) is 11.1 Å². The molecule has 0 bridgehead atoms. The molecule has 1 rings (SSSR count). The third-order valence-corrected chi connectivity index (χ3v) is 2.16. The zero-order valence-electron chi connectivity index (χ0n) is 8.42. The monoisotopic (exact) mass is 191 g/mol. The molecule has 1 N–H and O–H groups in total. The fourth-order valence-electron chi connectivity index (χ4n) is 1.37. The third-order valence-electron chi connectivity index (χ3n) is 2.16. The lowest BCUT2D eigenvalue weighted by atomic mass is 10.0. The highest BCUT2D eigenvalue weighted by Crippen LogP contribution is 2.08. The quantitative estimate of drug-likeness (QED) is 0.776. The molecule has 1 aromatic carbocycles. The van der Waals surface area contributed by atoms with Crippen molar-refractivity contribution in [3.63, 3.8) is 0 Å². The van der Waals surface area contributed by atoms with Crippen LogP contribution in [0.2, 0.25) is 0 Å². The third kappa shape index (κ3) is 3.60. The van der Waals surface area contributed by atoms with Gasteiger partial charge in [0.05, 0.1) is 0 Å². The maximum absolute atomic E-state index is 10.3. The Morgan fingerprint density at radius 1 is 1.57 bits per heavy atom. The molecule has 1 radical (unpaired) electrons. The summed E-state index contributed by atoms with van der Waals surface area (Å²) in [5, 5.41) is 8.49. The van der Waals surface area contributed by atoms with Gasteiger partial charge in [0.15, 0.2) is 0 Å². The van der Waals surface area contributed by atoms with Crippen LogP contribution in [0.15, 0.2) is 18.2 Å². The molecule has 1 aromatic rings. The summed E-state index contributed by atoms with van der Waals surface area (Å²) in [7, 11) is 0. The summed E-state index contributed by atoms with van der Waals surface area (Å²) in [6, 6.07) is 9.15. The number of hydrogen-bond donors (Lipinski definition) is 1. The predicted octanol–water partition coefficient (Wildman–Crippen LogP) is 2.46. The van der Waals surface area contributed by atoms with Gasteiger partial charge in [-0.05, 0) is 36.5 Å². The van der Waals surface area contributed by atoms with E-state index in [2.05, 4.69) is 19.1 Å². The molecule has 0 aliphatic heterocycles. The maximum atomic E-state index is 10.3. The predicted molar refractivity (Wildman–Crippen MR) is 55.2 cm³/mol. The first-order valence-corrected chi connectivity index (χ1v) is 4.93. The second-order valence-corrected chi connectivity index (χ2v) is 3.32. The zero-order chi connectivity index (χ0) is 10.4. The Kier molecular flexibility index (Phi) is 4.17. The molecular weight excluding hydrogens is 176 g/mol. The molecule has 0 heterocycles. The fourth-order valence-corrected chi connectivity index (χ4v) is 1.37. The van der Waals surface area contributed by atoms with Gasteiger partial charge in [0.1, 0.15) is 0 Å². The summed E-state index contributed by atoms with van der Waals surface area (Å²) < 4.78 is 0. The first-order chi connectivity index (χ1) is 6.72. The molecular formula is C12H15O2. The highest BCUT2D eigenvalue weighted by atomic mass is 16.4. The van der Waals surface area contributed by atoms with Crippen LogP contribution >= 0.6 is 0 Å². The minimum Gasteiger partial charge on any atom is -0.481 e. The lowest BCUT2D eigenvalue weighted by Gasteiger charge is -2.01. The molecule has 0 aliphatic rings. The number of hydrogen-bond acceptors (Lipinski definition) is 1. The van der Waals surface area contributed by atoms with E-state index in [0.717, 1.165) is 12.8 Å². The minimum absolute atomic E-state index is 0.250. The summed E-state index contributed by atoms with van der Waals surface area (Å²) in [4.78, 5) is 10.3. The summed E-state index contributed by atoms with van der Waals surface area (Å²) in [6.45, 7) is 2.09. The van der Waals surface area contributed by atoms with Gasteiger partial charge in [-0.15, -0.1) is 0 Å². The average Bonchev–Trinajstić information content (AvgIpc) is 2.18. The van der Waals surface area contributed by atoms with Gasteiger partial charge in [0.25, 0.3) is 0 Å². The summed E-state index contributed by atoms with van der Waals surface area (Å²) in [6.07, 6.45) is 2.78. The zero-order valence-corrected chi connectivity index (χ0v) is 8.42. The molecule has 2 nitrogen and oxygen atoms in total. The number of benzene rings is 1. The van der Waals surface area contributed by atoms with Crippen LogP contribution in [0.4, 0.5) is 0 Å². The summed E-state index contributed by atoms with van der Waals surface area (Å²) in [5.74, 6) is -0.719. The number of carbonyl (C=O) groups is 1. The van der Waals surface area contributed by atoms with Gasteiger partial charge in [-0.2, -0.15) is 0 Å². The van der Waals surface area contributed by atoms with Crippen LogP contribution in [0.5, 0.6) is 0 Å². The Morgan fingerprint density at radius 2 is 2.36 bits per heavy atom. The van der Waals surface area contributed by atoms with Crippen molar-refractivity contribution in [3.8, 4) is 0 Å². The van der Waals surface area contributed by atoms with E-state index in [1.807, 2.05) is 12.1 Å². The van der Waals surface area contributed by atoms with Crippen molar-refractivity contribution in [2.24, 2.45) is 0 Å². The number of carboxylic acid groups (broad SMARTS) is 1. The van der Waals surface area contributed by atoms with Crippen LogP contribution in [0.1, 0.15) is 30.9 Å². The second-order valence-electron chi connectivity index (χ2n) is 3.32. The topological polar surface area (TPSA) is 37.3 Å².